The number of anilines is 1. The lowest BCUT2D eigenvalue weighted by Gasteiger charge is -2.50. The van der Waals surface area contributed by atoms with Gasteiger partial charge in [-0.25, -0.2) is 4.79 Å². The van der Waals surface area contributed by atoms with Crippen LogP contribution in [0.2, 0.25) is 0 Å². The Morgan fingerprint density at radius 3 is 2.36 bits per heavy atom. The van der Waals surface area contributed by atoms with Gasteiger partial charge in [-0.15, -0.1) is 11.8 Å². The molecule has 6 heteroatoms. The SMILES string of the molecule is CSc1ccc(N(CC2(C)CCC(c3ccccc3)(N(C)C)CC2)C(=O)NCC2CCC2)c(C#N)c1. The van der Waals surface area contributed by atoms with Crippen LogP contribution in [0.3, 0.4) is 0 Å². The number of nitrogens with zero attached hydrogens (tertiary/aromatic N) is 3. The summed E-state index contributed by atoms with van der Waals surface area (Å²) in [4.78, 5) is 18.8. The molecule has 2 aliphatic rings. The molecule has 0 bridgehead atoms. The van der Waals surface area contributed by atoms with Gasteiger partial charge in [0.2, 0.25) is 0 Å². The first kappa shape index (κ1) is 26.6. The largest absolute Gasteiger partial charge is 0.337 e. The first-order valence-electron chi connectivity index (χ1n) is 13.2. The summed E-state index contributed by atoms with van der Waals surface area (Å²) in [6, 6.07) is 19.0. The molecule has 4 rings (SSSR count). The Hall–Kier alpha value is -2.49. The molecule has 192 valence electrons. The number of thioether (sulfide) groups is 1. The minimum atomic E-state index is -0.0796. The molecule has 0 unspecified atom stereocenters. The molecular formula is C30H40N4OS. The number of benzene rings is 2. The monoisotopic (exact) mass is 504 g/mol. The van der Waals surface area contributed by atoms with Gasteiger partial charge in [-0.2, -0.15) is 5.26 Å². The number of carbonyl (C=O) groups excluding carboxylic acids is 1. The van der Waals surface area contributed by atoms with Crippen molar-refractivity contribution in [3.05, 3.63) is 59.7 Å². The number of rotatable bonds is 8. The molecule has 0 atom stereocenters. The Bertz CT molecular complexity index is 1080. The Kier molecular flexibility index (Phi) is 8.32. The molecule has 1 N–H and O–H groups in total. The van der Waals surface area contributed by atoms with E-state index in [1.807, 2.05) is 29.4 Å². The number of nitrogens with one attached hydrogen (secondary N) is 1. The van der Waals surface area contributed by atoms with Crippen molar-refractivity contribution in [2.24, 2.45) is 11.3 Å². The summed E-state index contributed by atoms with van der Waals surface area (Å²) >= 11 is 1.61. The Balaban J connectivity index is 1.58. The van der Waals surface area contributed by atoms with Crippen LogP contribution in [-0.4, -0.2) is 44.4 Å². The molecular weight excluding hydrogens is 464 g/mol. The van der Waals surface area contributed by atoms with Crippen LogP contribution in [0, 0.1) is 22.7 Å². The van der Waals surface area contributed by atoms with Crippen molar-refractivity contribution in [2.45, 2.75) is 62.3 Å². The molecule has 0 radical (unpaired) electrons. The van der Waals surface area contributed by atoms with E-state index in [4.69, 9.17) is 0 Å². The molecule has 2 amide bonds. The van der Waals surface area contributed by atoms with Gasteiger partial charge >= 0.3 is 6.03 Å². The molecule has 2 fully saturated rings. The summed E-state index contributed by atoms with van der Waals surface area (Å²) in [5, 5.41) is 13.1. The highest BCUT2D eigenvalue weighted by Gasteiger charge is 2.44. The average molecular weight is 505 g/mol. The predicted octanol–water partition coefficient (Wildman–Crippen LogP) is 6.63. The number of amides is 2. The lowest BCUT2D eigenvalue weighted by Crippen LogP contribution is -2.51. The molecule has 0 saturated heterocycles. The zero-order valence-electron chi connectivity index (χ0n) is 22.2. The maximum Gasteiger partial charge on any atom is 0.321 e. The normalized spacial score (nSPS) is 24.1. The van der Waals surface area contributed by atoms with E-state index in [1.165, 1.54) is 24.8 Å². The van der Waals surface area contributed by atoms with E-state index < -0.39 is 0 Å². The van der Waals surface area contributed by atoms with Crippen LogP contribution < -0.4 is 10.2 Å². The number of hydrogen-bond donors (Lipinski definition) is 1. The molecule has 2 saturated carbocycles. The topological polar surface area (TPSA) is 59.4 Å². The van der Waals surface area contributed by atoms with Crippen LogP contribution in [0.1, 0.15) is 63.0 Å². The van der Waals surface area contributed by atoms with Gasteiger partial charge in [-0.05, 0) is 94.0 Å². The second-order valence-electron chi connectivity index (χ2n) is 11.2. The molecule has 0 aromatic heterocycles. The van der Waals surface area contributed by atoms with Crippen molar-refractivity contribution >= 4 is 23.5 Å². The van der Waals surface area contributed by atoms with Crippen molar-refractivity contribution in [3.8, 4) is 6.07 Å². The van der Waals surface area contributed by atoms with Gasteiger partial charge in [0.25, 0.3) is 0 Å². The van der Waals surface area contributed by atoms with Crippen molar-refractivity contribution < 1.29 is 4.79 Å². The van der Waals surface area contributed by atoms with Crippen LogP contribution in [0.15, 0.2) is 53.4 Å². The Morgan fingerprint density at radius 2 is 1.81 bits per heavy atom. The number of carbonyl (C=O) groups is 1. The molecule has 0 aliphatic heterocycles. The second kappa shape index (κ2) is 11.3. The van der Waals surface area contributed by atoms with Gasteiger partial charge < -0.3 is 5.32 Å². The van der Waals surface area contributed by atoms with Crippen molar-refractivity contribution in [1.82, 2.24) is 10.2 Å². The number of hydrogen-bond acceptors (Lipinski definition) is 4. The highest BCUT2D eigenvalue weighted by Crippen LogP contribution is 2.48. The molecule has 2 aromatic carbocycles. The van der Waals surface area contributed by atoms with Gasteiger partial charge in [0.05, 0.1) is 11.3 Å². The first-order chi connectivity index (χ1) is 17.3. The fourth-order valence-electron chi connectivity index (χ4n) is 5.81. The fraction of sp³-hybridized carbons (Fsp3) is 0.533. The molecule has 5 nitrogen and oxygen atoms in total. The quantitative estimate of drug-likeness (QED) is 0.410. The summed E-state index contributed by atoms with van der Waals surface area (Å²) in [6.45, 7) is 3.63. The van der Waals surface area contributed by atoms with Gasteiger partial charge in [0.1, 0.15) is 6.07 Å². The van der Waals surface area contributed by atoms with E-state index in [0.717, 1.165) is 36.3 Å². The second-order valence-corrected chi connectivity index (χ2v) is 12.0. The van der Waals surface area contributed by atoms with E-state index in [0.29, 0.717) is 24.6 Å². The third-order valence-electron chi connectivity index (χ3n) is 8.62. The third-order valence-corrected chi connectivity index (χ3v) is 9.34. The standard InChI is InChI=1S/C30H40N4OS/c1-29(15-17-30(18-16-29,33(2)3)25-11-6-5-7-12-25)22-34(28(35)32-21-23-9-8-10-23)27-14-13-26(36-4)19-24(27)20-31/h5-7,11-14,19,23H,8-10,15-18,21-22H2,1-4H3,(H,32,35). The van der Waals surface area contributed by atoms with Crippen molar-refractivity contribution in [2.75, 3.05) is 38.3 Å². The molecule has 36 heavy (non-hydrogen) atoms. The lowest BCUT2D eigenvalue weighted by atomic mass is 9.65. The van der Waals surface area contributed by atoms with E-state index in [9.17, 15) is 10.1 Å². The molecule has 2 aromatic rings. The van der Waals surface area contributed by atoms with E-state index in [1.54, 1.807) is 11.8 Å². The maximum absolute atomic E-state index is 13.6. The van der Waals surface area contributed by atoms with Crippen molar-refractivity contribution in [1.29, 1.82) is 5.26 Å². The summed E-state index contributed by atoms with van der Waals surface area (Å²) in [5.41, 5.74) is 2.62. The summed E-state index contributed by atoms with van der Waals surface area (Å²) in [6.07, 6.45) is 9.74. The van der Waals surface area contributed by atoms with Gasteiger partial charge in [-0.1, -0.05) is 43.7 Å². The van der Waals surface area contributed by atoms with Crippen LogP contribution in [0.25, 0.3) is 0 Å². The van der Waals surface area contributed by atoms with Crippen LogP contribution >= 0.6 is 11.8 Å². The highest BCUT2D eigenvalue weighted by molar-refractivity contribution is 7.98. The minimum absolute atomic E-state index is 0.00982. The van der Waals surface area contributed by atoms with E-state index in [2.05, 4.69) is 67.6 Å². The Morgan fingerprint density at radius 1 is 1.11 bits per heavy atom. The van der Waals surface area contributed by atoms with Crippen LogP contribution in [0.4, 0.5) is 10.5 Å². The Labute approximate surface area is 221 Å². The summed E-state index contributed by atoms with van der Waals surface area (Å²) in [7, 11) is 4.37. The lowest BCUT2D eigenvalue weighted by molar-refractivity contribution is 0.0458. The van der Waals surface area contributed by atoms with Crippen LogP contribution in [0.5, 0.6) is 0 Å². The van der Waals surface area contributed by atoms with Crippen molar-refractivity contribution in [3.63, 3.8) is 0 Å². The number of nitriles is 1. The van der Waals surface area contributed by atoms with E-state index >= 15 is 0 Å². The highest BCUT2D eigenvalue weighted by atomic mass is 32.2. The van der Waals surface area contributed by atoms with Gasteiger partial charge in [0, 0.05) is 23.5 Å². The fourth-order valence-corrected chi connectivity index (χ4v) is 6.25. The van der Waals surface area contributed by atoms with Crippen LogP contribution in [-0.2, 0) is 5.54 Å². The van der Waals surface area contributed by atoms with E-state index in [-0.39, 0.29) is 17.0 Å². The zero-order chi connectivity index (χ0) is 25.8. The van der Waals surface area contributed by atoms with Gasteiger partial charge in [0.15, 0.2) is 0 Å². The first-order valence-corrected chi connectivity index (χ1v) is 14.4. The average Bonchev–Trinajstić information content (AvgIpc) is 2.87. The zero-order valence-corrected chi connectivity index (χ0v) is 23.0. The minimum Gasteiger partial charge on any atom is -0.337 e. The number of urea groups is 1. The predicted molar refractivity (Wildman–Crippen MR) is 149 cm³/mol. The van der Waals surface area contributed by atoms with Gasteiger partial charge in [-0.3, -0.25) is 9.80 Å². The molecule has 2 aliphatic carbocycles. The smallest absolute Gasteiger partial charge is 0.321 e. The summed E-state index contributed by atoms with van der Waals surface area (Å²) in [5.74, 6) is 0.585. The maximum atomic E-state index is 13.6. The molecule has 0 spiro atoms. The third kappa shape index (κ3) is 5.58. The molecule has 0 heterocycles. The summed E-state index contributed by atoms with van der Waals surface area (Å²) < 4.78 is 0.